The summed E-state index contributed by atoms with van der Waals surface area (Å²) in [6.45, 7) is 3.58. The Hall–Kier alpha value is -3.57. The van der Waals surface area contributed by atoms with Gasteiger partial charge in [-0.2, -0.15) is 0 Å². The smallest absolute Gasteiger partial charge is 0.328 e. The van der Waals surface area contributed by atoms with Crippen molar-refractivity contribution in [1.29, 1.82) is 0 Å². The number of nitro groups is 1. The molecule has 2 amide bonds. The molecule has 2 aromatic rings. The molecule has 10 nitrogen and oxygen atoms in total. The SMILES string of the molecule is CCOc1cc(/C=C2/SC(=O)N([C@H](C)C(=O)OC)C2=O)cc(Cl)c1OCc1ccc([N+](=O)[O-])cc1. The first-order valence-corrected chi connectivity index (χ1v) is 11.5. The van der Waals surface area contributed by atoms with Crippen LogP contribution in [0.25, 0.3) is 6.08 Å². The number of hydrogen-bond acceptors (Lipinski definition) is 9. The lowest BCUT2D eigenvalue weighted by atomic mass is 10.1. The first kappa shape index (κ1) is 26.0. The summed E-state index contributed by atoms with van der Waals surface area (Å²) in [5.41, 5.74) is 1.14. The molecule has 1 heterocycles. The predicted molar refractivity (Wildman–Crippen MR) is 129 cm³/mol. The summed E-state index contributed by atoms with van der Waals surface area (Å²) in [5.74, 6) is -0.748. The Kier molecular flexibility index (Phi) is 8.36. The average Bonchev–Trinajstić information content (AvgIpc) is 3.10. The van der Waals surface area contributed by atoms with Crippen LogP contribution in [0.3, 0.4) is 0 Å². The van der Waals surface area contributed by atoms with E-state index in [1.807, 2.05) is 0 Å². The summed E-state index contributed by atoms with van der Waals surface area (Å²) >= 11 is 7.14. The molecule has 35 heavy (non-hydrogen) atoms. The Morgan fingerprint density at radius 3 is 2.51 bits per heavy atom. The minimum absolute atomic E-state index is 0.0310. The fraction of sp³-hybridized carbons (Fsp3) is 0.261. The molecule has 1 aliphatic rings. The van der Waals surface area contributed by atoms with Crippen molar-refractivity contribution in [2.24, 2.45) is 0 Å². The molecule has 0 N–H and O–H groups in total. The molecule has 0 unspecified atom stereocenters. The first-order valence-electron chi connectivity index (χ1n) is 10.3. The molecule has 184 valence electrons. The standard InChI is InChI=1S/C23H21ClN2O8S/c1-4-33-18-10-15(11-19-21(27)25(23(29)35-19)13(2)22(28)32-3)9-17(24)20(18)34-12-14-5-7-16(8-6-14)26(30)31/h5-11,13H,4,12H2,1-3H3/b19-11+/t13-/m1/s1. The highest BCUT2D eigenvalue weighted by molar-refractivity contribution is 8.18. The highest BCUT2D eigenvalue weighted by Crippen LogP contribution is 2.40. The fourth-order valence-electron chi connectivity index (χ4n) is 3.18. The van der Waals surface area contributed by atoms with Crippen LogP contribution in [0.15, 0.2) is 41.3 Å². The third-order valence-electron chi connectivity index (χ3n) is 4.91. The molecule has 0 radical (unpaired) electrons. The van der Waals surface area contributed by atoms with Crippen LogP contribution >= 0.6 is 23.4 Å². The van der Waals surface area contributed by atoms with Gasteiger partial charge in [0, 0.05) is 12.1 Å². The second-order valence-corrected chi connectivity index (χ2v) is 8.63. The Labute approximate surface area is 209 Å². The van der Waals surface area contributed by atoms with Crippen LogP contribution in [-0.2, 0) is 20.9 Å². The normalized spacial score (nSPS) is 15.3. The zero-order valence-electron chi connectivity index (χ0n) is 19.0. The number of imide groups is 1. The first-order chi connectivity index (χ1) is 16.7. The number of nitrogens with zero attached hydrogens (tertiary/aromatic N) is 2. The highest BCUT2D eigenvalue weighted by Gasteiger charge is 2.41. The number of benzene rings is 2. The van der Waals surface area contributed by atoms with Crippen molar-refractivity contribution in [1.82, 2.24) is 4.90 Å². The number of rotatable bonds is 9. The second-order valence-electron chi connectivity index (χ2n) is 7.23. The summed E-state index contributed by atoms with van der Waals surface area (Å²) in [7, 11) is 1.18. The monoisotopic (exact) mass is 520 g/mol. The van der Waals surface area contributed by atoms with Gasteiger partial charge in [0.2, 0.25) is 0 Å². The van der Waals surface area contributed by atoms with Gasteiger partial charge >= 0.3 is 5.97 Å². The lowest BCUT2D eigenvalue weighted by Crippen LogP contribution is -2.42. The van der Waals surface area contributed by atoms with Crippen molar-refractivity contribution in [2.45, 2.75) is 26.5 Å². The summed E-state index contributed by atoms with van der Waals surface area (Å²) in [4.78, 5) is 48.1. The Bertz CT molecular complexity index is 1200. The van der Waals surface area contributed by atoms with Crippen LogP contribution in [0.2, 0.25) is 5.02 Å². The van der Waals surface area contributed by atoms with E-state index in [4.69, 9.17) is 21.1 Å². The van der Waals surface area contributed by atoms with Gasteiger partial charge in [-0.3, -0.25) is 24.6 Å². The Balaban J connectivity index is 1.84. The van der Waals surface area contributed by atoms with E-state index in [0.29, 0.717) is 35.2 Å². The molecule has 1 aliphatic heterocycles. The quantitative estimate of drug-likeness (QED) is 0.198. The molecule has 1 fully saturated rings. The molecule has 12 heteroatoms. The lowest BCUT2D eigenvalue weighted by Gasteiger charge is -2.18. The maximum absolute atomic E-state index is 12.7. The van der Waals surface area contributed by atoms with E-state index < -0.39 is 28.1 Å². The average molecular weight is 521 g/mol. The van der Waals surface area contributed by atoms with E-state index in [2.05, 4.69) is 4.74 Å². The molecule has 0 spiro atoms. The number of amides is 2. The van der Waals surface area contributed by atoms with Gasteiger partial charge in [0.25, 0.3) is 16.8 Å². The number of thioether (sulfide) groups is 1. The van der Waals surface area contributed by atoms with E-state index in [1.54, 1.807) is 31.2 Å². The number of non-ortho nitro benzene ring substituents is 1. The van der Waals surface area contributed by atoms with E-state index >= 15 is 0 Å². The number of carbonyl (C=O) groups is 3. The van der Waals surface area contributed by atoms with Gasteiger partial charge in [-0.15, -0.1) is 0 Å². The lowest BCUT2D eigenvalue weighted by molar-refractivity contribution is -0.384. The fourth-order valence-corrected chi connectivity index (χ4v) is 4.37. The largest absolute Gasteiger partial charge is 0.490 e. The van der Waals surface area contributed by atoms with E-state index in [0.717, 1.165) is 4.90 Å². The van der Waals surface area contributed by atoms with E-state index in [-0.39, 0.29) is 28.0 Å². The Morgan fingerprint density at radius 2 is 1.91 bits per heavy atom. The number of halogens is 1. The molecule has 2 aromatic carbocycles. The minimum atomic E-state index is -1.06. The van der Waals surface area contributed by atoms with Gasteiger partial charge in [0.1, 0.15) is 12.6 Å². The molecule has 1 saturated heterocycles. The van der Waals surface area contributed by atoms with Crippen molar-refractivity contribution in [2.75, 3.05) is 13.7 Å². The maximum atomic E-state index is 12.7. The summed E-state index contributed by atoms with van der Waals surface area (Å²) in [6.07, 6.45) is 1.48. The second kappa shape index (κ2) is 11.2. The third-order valence-corrected chi connectivity index (χ3v) is 6.08. The highest BCUT2D eigenvalue weighted by atomic mass is 35.5. The van der Waals surface area contributed by atoms with Gasteiger partial charge in [0.05, 0.1) is 28.6 Å². The number of hydrogen-bond donors (Lipinski definition) is 0. The molecular formula is C23H21ClN2O8S. The summed E-state index contributed by atoms with van der Waals surface area (Å²) < 4.78 is 16.1. The van der Waals surface area contributed by atoms with Crippen molar-refractivity contribution in [3.8, 4) is 11.5 Å². The number of methoxy groups -OCH3 is 1. The van der Waals surface area contributed by atoms with Gasteiger partial charge in [-0.1, -0.05) is 11.6 Å². The molecular weight excluding hydrogens is 500 g/mol. The van der Waals surface area contributed by atoms with E-state index in [1.165, 1.54) is 32.2 Å². The van der Waals surface area contributed by atoms with Crippen molar-refractivity contribution >= 4 is 52.2 Å². The zero-order chi connectivity index (χ0) is 25.7. The zero-order valence-corrected chi connectivity index (χ0v) is 20.6. The van der Waals surface area contributed by atoms with Crippen molar-refractivity contribution in [3.63, 3.8) is 0 Å². The van der Waals surface area contributed by atoms with Crippen LogP contribution in [0.4, 0.5) is 10.5 Å². The van der Waals surface area contributed by atoms with Gasteiger partial charge in [0.15, 0.2) is 11.5 Å². The number of ether oxygens (including phenoxy) is 3. The summed E-state index contributed by atoms with van der Waals surface area (Å²) in [5, 5.41) is 10.4. The van der Waals surface area contributed by atoms with Crippen LogP contribution in [-0.4, -0.2) is 46.7 Å². The third kappa shape index (κ3) is 5.92. The topological polar surface area (TPSA) is 125 Å². The number of nitro benzene ring substituents is 1. The minimum Gasteiger partial charge on any atom is -0.490 e. The maximum Gasteiger partial charge on any atom is 0.328 e. The number of esters is 1. The Morgan fingerprint density at radius 1 is 1.23 bits per heavy atom. The molecule has 0 aromatic heterocycles. The van der Waals surface area contributed by atoms with E-state index in [9.17, 15) is 24.5 Å². The van der Waals surface area contributed by atoms with Crippen LogP contribution in [0, 0.1) is 10.1 Å². The van der Waals surface area contributed by atoms with Crippen LogP contribution in [0.5, 0.6) is 11.5 Å². The van der Waals surface area contributed by atoms with Crippen LogP contribution < -0.4 is 9.47 Å². The molecule has 1 atom stereocenters. The predicted octanol–water partition coefficient (Wildman–Crippen LogP) is 4.82. The summed E-state index contributed by atoms with van der Waals surface area (Å²) in [6, 6.07) is 8.00. The van der Waals surface area contributed by atoms with Crippen molar-refractivity contribution < 1.29 is 33.5 Å². The van der Waals surface area contributed by atoms with Crippen molar-refractivity contribution in [3.05, 3.63) is 67.6 Å². The molecule has 3 rings (SSSR count). The van der Waals surface area contributed by atoms with Crippen LogP contribution in [0.1, 0.15) is 25.0 Å². The molecule has 0 bridgehead atoms. The number of carbonyl (C=O) groups excluding carboxylic acids is 3. The molecule has 0 saturated carbocycles. The van der Waals surface area contributed by atoms with Gasteiger partial charge in [-0.25, -0.2) is 4.79 Å². The molecule has 0 aliphatic carbocycles. The van der Waals surface area contributed by atoms with Gasteiger partial charge < -0.3 is 14.2 Å². The van der Waals surface area contributed by atoms with Gasteiger partial charge in [-0.05, 0) is 67.1 Å².